The number of hydrogen-bond donors (Lipinski definition) is 2. The highest BCUT2D eigenvalue weighted by atomic mass is 16.6. The van der Waals surface area contributed by atoms with Crippen molar-refractivity contribution < 1.29 is 4.84 Å². The summed E-state index contributed by atoms with van der Waals surface area (Å²) in [6.45, 7) is 1.92. The second-order valence-electron chi connectivity index (χ2n) is 1.86. The quantitative estimate of drug-likeness (QED) is 0.547. The van der Waals surface area contributed by atoms with Crippen LogP contribution in [-0.4, -0.2) is 23.1 Å². The minimum atomic E-state index is 0.889. The van der Waals surface area contributed by atoms with Crippen molar-refractivity contribution in [3.8, 4) is 0 Å². The number of rotatable bonds is 0. The van der Waals surface area contributed by atoms with Gasteiger partial charge >= 0.3 is 0 Å². The molecular weight excluding hydrogens is 130 g/mol. The summed E-state index contributed by atoms with van der Waals surface area (Å²) in [6.07, 6.45) is 6.25. The summed E-state index contributed by atoms with van der Waals surface area (Å²) in [4.78, 5) is 11.1. The van der Waals surface area contributed by atoms with Crippen LogP contribution in [-0.2, 0) is 4.84 Å². The lowest BCUT2D eigenvalue weighted by Crippen LogP contribution is -2.01. The molecule has 2 N–H and O–H groups in total. The first kappa shape index (κ1) is 7.24. The number of H-pyrrole nitrogens is 1. The average molecular weight is 141 g/mol. The van der Waals surface area contributed by atoms with Crippen LogP contribution in [0, 0.1) is 0 Å². The molecule has 0 aromatic carbocycles. The molecule has 4 nitrogen and oxygen atoms in total. The Hall–Kier alpha value is -0.870. The Bertz CT molecular complexity index is 112. The van der Waals surface area contributed by atoms with Crippen molar-refractivity contribution >= 4 is 0 Å². The number of aromatic nitrogens is 2. The van der Waals surface area contributed by atoms with Crippen molar-refractivity contribution in [3.63, 3.8) is 0 Å². The number of hydrogen-bond acceptors (Lipinski definition) is 3. The molecule has 1 aliphatic heterocycles. The maximum Gasteiger partial charge on any atom is 0.0919 e. The minimum Gasteiger partial charge on any atom is -0.351 e. The SMILES string of the molecule is C1CNOC1.c1c[nH]cn1. The fraction of sp³-hybridized carbons (Fsp3) is 0.500. The molecule has 0 unspecified atom stereocenters. The van der Waals surface area contributed by atoms with E-state index in [1.165, 1.54) is 6.42 Å². The average Bonchev–Trinajstić information content (AvgIpc) is 2.67. The monoisotopic (exact) mass is 141 g/mol. The number of imidazole rings is 1. The molecule has 0 radical (unpaired) electrons. The van der Waals surface area contributed by atoms with E-state index in [0.29, 0.717) is 0 Å². The summed E-state index contributed by atoms with van der Waals surface area (Å²) in [5, 5.41) is 0. The Kier molecular flexibility index (Phi) is 3.59. The van der Waals surface area contributed by atoms with Crippen LogP contribution >= 0.6 is 0 Å². The second-order valence-corrected chi connectivity index (χ2v) is 1.86. The molecule has 0 amide bonds. The van der Waals surface area contributed by atoms with Crippen LogP contribution in [0.4, 0.5) is 0 Å². The van der Waals surface area contributed by atoms with E-state index < -0.39 is 0 Å². The van der Waals surface area contributed by atoms with Gasteiger partial charge in [0.25, 0.3) is 0 Å². The highest BCUT2D eigenvalue weighted by Crippen LogP contribution is 1.83. The number of nitrogens with one attached hydrogen (secondary N) is 2. The third-order valence-corrected chi connectivity index (χ3v) is 1.03. The largest absolute Gasteiger partial charge is 0.351 e. The van der Waals surface area contributed by atoms with Gasteiger partial charge in [-0.15, -0.1) is 0 Å². The van der Waals surface area contributed by atoms with E-state index in [0.717, 1.165) is 13.2 Å². The lowest BCUT2D eigenvalue weighted by Gasteiger charge is -1.80. The highest BCUT2D eigenvalue weighted by molar-refractivity contribution is 4.64. The molecule has 0 saturated carbocycles. The van der Waals surface area contributed by atoms with E-state index in [4.69, 9.17) is 4.84 Å². The van der Waals surface area contributed by atoms with Crippen molar-refractivity contribution in [1.29, 1.82) is 0 Å². The molecule has 4 heteroatoms. The fourth-order valence-corrected chi connectivity index (χ4v) is 0.576. The molecule has 1 saturated heterocycles. The lowest BCUT2D eigenvalue weighted by atomic mass is 10.5. The van der Waals surface area contributed by atoms with Crippen molar-refractivity contribution in [2.75, 3.05) is 13.2 Å². The molecule has 2 heterocycles. The summed E-state index contributed by atoms with van der Waals surface area (Å²) in [7, 11) is 0. The van der Waals surface area contributed by atoms with Gasteiger partial charge in [0.15, 0.2) is 0 Å². The van der Waals surface area contributed by atoms with Crippen LogP contribution in [0.5, 0.6) is 0 Å². The van der Waals surface area contributed by atoms with Crippen LogP contribution in [0.3, 0.4) is 0 Å². The van der Waals surface area contributed by atoms with Gasteiger partial charge in [-0.3, -0.25) is 0 Å². The van der Waals surface area contributed by atoms with Crippen molar-refractivity contribution in [3.05, 3.63) is 18.7 Å². The molecule has 1 aromatic heterocycles. The van der Waals surface area contributed by atoms with Gasteiger partial charge in [0.2, 0.25) is 0 Å². The maximum absolute atomic E-state index is 4.69. The van der Waals surface area contributed by atoms with Gasteiger partial charge in [0.1, 0.15) is 0 Å². The normalized spacial score (nSPS) is 16.0. The summed E-state index contributed by atoms with van der Waals surface area (Å²) >= 11 is 0. The molecule has 0 aliphatic carbocycles. The smallest absolute Gasteiger partial charge is 0.0919 e. The van der Waals surface area contributed by atoms with Gasteiger partial charge in [-0.1, -0.05) is 0 Å². The zero-order chi connectivity index (χ0) is 7.07. The molecule has 10 heavy (non-hydrogen) atoms. The van der Waals surface area contributed by atoms with Gasteiger partial charge in [0, 0.05) is 18.9 Å². The summed E-state index contributed by atoms with van der Waals surface area (Å²) in [6, 6.07) is 0. The Balaban J connectivity index is 0.0000001000. The molecule has 0 bridgehead atoms. The topological polar surface area (TPSA) is 49.9 Å². The zero-order valence-corrected chi connectivity index (χ0v) is 5.71. The summed E-state index contributed by atoms with van der Waals surface area (Å²) in [5.74, 6) is 0. The van der Waals surface area contributed by atoms with Gasteiger partial charge < -0.3 is 9.82 Å². The summed E-state index contributed by atoms with van der Waals surface area (Å²) in [5.41, 5.74) is 2.72. The zero-order valence-electron chi connectivity index (χ0n) is 5.71. The molecule has 1 fully saturated rings. The molecule has 0 spiro atoms. The van der Waals surface area contributed by atoms with E-state index >= 15 is 0 Å². The van der Waals surface area contributed by atoms with Gasteiger partial charge in [-0.2, -0.15) is 0 Å². The van der Waals surface area contributed by atoms with Gasteiger partial charge in [-0.25, -0.2) is 10.5 Å². The Morgan fingerprint density at radius 2 is 2.50 bits per heavy atom. The van der Waals surface area contributed by atoms with Crippen molar-refractivity contribution in [1.82, 2.24) is 15.4 Å². The van der Waals surface area contributed by atoms with Gasteiger partial charge in [0.05, 0.1) is 12.9 Å². The predicted octanol–water partition coefficient (Wildman–Crippen LogP) is 0.321. The van der Waals surface area contributed by atoms with Crippen LogP contribution in [0.2, 0.25) is 0 Å². The molecular formula is C6H11N3O. The minimum absolute atomic E-state index is 0.889. The lowest BCUT2D eigenvalue weighted by molar-refractivity contribution is 0.103. The number of nitrogens with zero attached hydrogens (tertiary/aromatic N) is 1. The molecule has 2 rings (SSSR count). The van der Waals surface area contributed by atoms with E-state index in [9.17, 15) is 0 Å². The van der Waals surface area contributed by atoms with Gasteiger partial charge in [-0.05, 0) is 6.42 Å². The van der Waals surface area contributed by atoms with E-state index in [1.807, 2.05) is 0 Å². The number of aromatic amines is 1. The predicted molar refractivity (Wildman–Crippen MR) is 37.2 cm³/mol. The molecule has 56 valence electrons. The van der Waals surface area contributed by atoms with E-state index in [2.05, 4.69) is 15.4 Å². The standard InChI is InChI=1S/C3H4N2.C3H7NO/c1-2-5-3-4-1;1-2-4-5-3-1/h1-3H,(H,4,5);4H,1-3H2. The Labute approximate surface area is 59.6 Å². The second kappa shape index (κ2) is 4.96. The third-order valence-electron chi connectivity index (χ3n) is 1.03. The molecule has 1 aliphatic rings. The van der Waals surface area contributed by atoms with Crippen molar-refractivity contribution in [2.45, 2.75) is 6.42 Å². The van der Waals surface area contributed by atoms with Crippen LogP contribution in [0.25, 0.3) is 0 Å². The Morgan fingerprint density at radius 1 is 1.50 bits per heavy atom. The first-order valence-corrected chi connectivity index (χ1v) is 3.27. The molecule has 1 aromatic rings. The molecule has 0 atom stereocenters. The van der Waals surface area contributed by atoms with Crippen LogP contribution in [0.1, 0.15) is 6.42 Å². The number of hydroxylamine groups is 1. The van der Waals surface area contributed by atoms with E-state index in [-0.39, 0.29) is 0 Å². The maximum atomic E-state index is 4.69. The third kappa shape index (κ3) is 3.21. The Morgan fingerprint density at radius 3 is 2.70 bits per heavy atom. The van der Waals surface area contributed by atoms with Crippen molar-refractivity contribution in [2.24, 2.45) is 0 Å². The van der Waals surface area contributed by atoms with E-state index in [1.54, 1.807) is 18.7 Å². The summed E-state index contributed by atoms with van der Waals surface area (Å²) < 4.78 is 0. The van der Waals surface area contributed by atoms with Crippen LogP contribution in [0.15, 0.2) is 18.7 Å². The first-order chi connectivity index (χ1) is 5.00. The highest BCUT2D eigenvalue weighted by Gasteiger charge is 1.93. The fourth-order valence-electron chi connectivity index (χ4n) is 0.576. The van der Waals surface area contributed by atoms with Crippen LogP contribution < -0.4 is 5.48 Å². The first-order valence-electron chi connectivity index (χ1n) is 3.27.